The van der Waals surface area contributed by atoms with Gasteiger partial charge in [-0.15, -0.1) is 0 Å². The van der Waals surface area contributed by atoms with Crippen LogP contribution in [-0.4, -0.2) is 33.8 Å². The van der Waals surface area contributed by atoms with Crippen molar-refractivity contribution in [3.8, 4) is 0 Å². The van der Waals surface area contributed by atoms with E-state index in [1.54, 1.807) is 6.20 Å². The molecule has 1 fully saturated rings. The number of aromatic nitrogens is 1. The van der Waals surface area contributed by atoms with E-state index in [1.807, 2.05) is 25.1 Å². The Bertz CT molecular complexity index is 493. The van der Waals surface area contributed by atoms with Crippen molar-refractivity contribution in [2.75, 3.05) is 7.05 Å². The summed E-state index contributed by atoms with van der Waals surface area (Å²) in [6.45, 7) is 1.94. The maximum absolute atomic E-state index is 5.49. The number of nitrogens with zero attached hydrogens (tertiary/aromatic N) is 3. The van der Waals surface area contributed by atoms with Crippen molar-refractivity contribution in [1.82, 2.24) is 15.3 Å². The maximum atomic E-state index is 5.49. The van der Waals surface area contributed by atoms with Crippen LogP contribution in [0.4, 0.5) is 0 Å². The Morgan fingerprint density at radius 2 is 1.91 bits per heavy atom. The number of hydrazone groups is 1. The van der Waals surface area contributed by atoms with Crippen LogP contribution in [0.15, 0.2) is 29.5 Å². The van der Waals surface area contributed by atoms with Crippen LogP contribution < -0.4 is 5.43 Å². The van der Waals surface area contributed by atoms with Gasteiger partial charge in [-0.25, -0.2) is 0 Å². The molecular weight excluding hydrogens is 292 g/mol. The van der Waals surface area contributed by atoms with Crippen LogP contribution in [0.25, 0.3) is 0 Å². The molecule has 1 saturated carbocycles. The summed E-state index contributed by atoms with van der Waals surface area (Å²) in [5.74, 6) is 0. The Morgan fingerprint density at radius 3 is 2.55 bits per heavy atom. The van der Waals surface area contributed by atoms with E-state index in [0.717, 1.165) is 11.4 Å². The number of hydrogen-bond donors (Lipinski definition) is 1. The van der Waals surface area contributed by atoms with Crippen LogP contribution in [0.5, 0.6) is 0 Å². The Kier molecular flexibility index (Phi) is 6.77. The molecule has 1 aliphatic carbocycles. The van der Waals surface area contributed by atoms with Crippen LogP contribution in [0.2, 0.25) is 0 Å². The second-order valence-corrected chi connectivity index (χ2v) is 6.33. The molecule has 0 atom stereocenters. The van der Waals surface area contributed by atoms with E-state index in [0.29, 0.717) is 11.2 Å². The lowest BCUT2D eigenvalue weighted by molar-refractivity contribution is 0.292. The lowest BCUT2D eigenvalue weighted by Crippen LogP contribution is -2.42. The topological polar surface area (TPSA) is 40.5 Å². The van der Waals surface area contributed by atoms with Crippen molar-refractivity contribution in [1.29, 1.82) is 0 Å². The van der Waals surface area contributed by atoms with Gasteiger partial charge in [-0.1, -0.05) is 38.2 Å². The minimum atomic E-state index is 0.533. The molecular formula is C17H26N4S. The molecule has 0 aliphatic heterocycles. The maximum Gasteiger partial charge on any atom is 0.189 e. The third-order valence-electron chi connectivity index (χ3n) is 4.30. The highest BCUT2D eigenvalue weighted by Gasteiger charge is 2.18. The van der Waals surface area contributed by atoms with Crippen LogP contribution in [0.1, 0.15) is 57.6 Å². The lowest BCUT2D eigenvalue weighted by Gasteiger charge is -2.31. The third-order valence-corrected chi connectivity index (χ3v) is 4.68. The standard InChI is InChI=1S/C17H26N4S/c1-14(16-12-8-9-13-18-16)19-20-17(22)21(2)15-10-6-4-3-5-7-11-15/h8-9,12-13,15H,3-7,10-11H2,1-2H3,(H,20,22)/b19-14-. The summed E-state index contributed by atoms with van der Waals surface area (Å²) < 4.78 is 0. The van der Waals surface area contributed by atoms with Crippen molar-refractivity contribution in [2.45, 2.75) is 57.9 Å². The van der Waals surface area contributed by atoms with Crippen LogP contribution in [0, 0.1) is 0 Å². The van der Waals surface area contributed by atoms with Gasteiger partial charge in [0, 0.05) is 19.3 Å². The Hall–Kier alpha value is -1.49. The first-order chi connectivity index (χ1) is 10.7. The molecule has 0 aromatic carbocycles. The zero-order chi connectivity index (χ0) is 15.8. The fourth-order valence-corrected chi connectivity index (χ4v) is 3.03. The average molecular weight is 318 g/mol. The highest BCUT2D eigenvalue weighted by Crippen LogP contribution is 2.20. The van der Waals surface area contributed by atoms with E-state index in [2.05, 4.69) is 27.5 Å². The van der Waals surface area contributed by atoms with Gasteiger partial charge in [0.15, 0.2) is 5.11 Å². The molecule has 0 saturated heterocycles. The third kappa shape index (κ3) is 5.05. The molecule has 0 bridgehead atoms. The Balaban J connectivity index is 1.90. The van der Waals surface area contributed by atoms with Gasteiger partial charge < -0.3 is 4.90 Å². The van der Waals surface area contributed by atoms with Gasteiger partial charge in [0.05, 0.1) is 11.4 Å². The van der Waals surface area contributed by atoms with Gasteiger partial charge in [-0.2, -0.15) is 5.10 Å². The zero-order valence-electron chi connectivity index (χ0n) is 13.6. The first kappa shape index (κ1) is 16.9. The SMILES string of the molecule is C/C(=N/NC(=S)N(C)C1CCCCCCC1)c1ccccn1. The van der Waals surface area contributed by atoms with Gasteiger partial charge >= 0.3 is 0 Å². The van der Waals surface area contributed by atoms with E-state index >= 15 is 0 Å². The molecule has 1 heterocycles. The van der Waals surface area contributed by atoms with Gasteiger partial charge in [0.25, 0.3) is 0 Å². The van der Waals surface area contributed by atoms with Crippen LogP contribution in [-0.2, 0) is 0 Å². The molecule has 1 aromatic rings. The number of thiocarbonyl (C=S) groups is 1. The monoisotopic (exact) mass is 318 g/mol. The molecule has 1 N–H and O–H groups in total. The molecule has 0 unspecified atom stereocenters. The Morgan fingerprint density at radius 1 is 1.23 bits per heavy atom. The minimum Gasteiger partial charge on any atom is -0.348 e. The predicted octanol–water partition coefficient (Wildman–Crippen LogP) is 3.72. The number of pyridine rings is 1. The van der Waals surface area contributed by atoms with Gasteiger partial charge in [-0.3, -0.25) is 10.4 Å². The molecule has 120 valence electrons. The predicted molar refractivity (Wildman–Crippen MR) is 96.1 cm³/mol. The van der Waals surface area contributed by atoms with Crippen molar-refractivity contribution >= 4 is 23.0 Å². The number of hydrogen-bond acceptors (Lipinski definition) is 3. The molecule has 22 heavy (non-hydrogen) atoms. The fraction of sp³-hybridized carbons (Fsp3) is 0.588. The normalized spacial score (nSPS) is 17.5. The van der Waals surface area contributed by atoms with E-state index < -0.39 is 0 Å². The Labute approximate surface area is 139 Å². The highest BCUT2D eigenvalue weighted by atomic mass is 32.1. The van der Waals surface area contributed by atoms with Gasteiger partial charge in [0.1, 0.15) is 0 Å². The zero-order valence-corrected chi connectivity index (χ0v) is 14.4. The summed E-state index contributed by atoms with van der Waals surface area (Å²) in [7, 11) is 2.08. The lowest BCUT2D eigenvalue weighted by atomic mass is 9.96. The second-order valence-electron chi connectivity index (χ2n) is 5.94. The summed E-state index contributed by atoms with van der Waals surface area (Å²) in [4.78, 5) is 6.46. The number of rotatable bonds is 3. The van der Waals surface area contributed by atoms with E-state index in [-0.39, 0.29) is 0 Å². The summed E-state index contributed by atoms with van der Waals surface area (Å²) in [6, 6.07) is 6.34. The van der Waals surface area contributed by atoms with E-state index in [1.165, 1.54) is 44.9 Å². The van der Waals surface area contributed by atoms with Crippen LogP contribution >= 0.6 is 12.2 Å². The summed E-state index contributed by atoms with van der Waals surface area (Å²) in [5, 5.41) is 5.07. The second kappa shape index (κ2) is 8.83. The molecule has 0 amide bonds. The quantitative estimate of drug-likeness (QED) is 0.524. The summed E-state index contributed by atoms with van der Waals surface area (Å²) >= 11 is 5.49. The molecule has 2 rings (SSSR count). The molecule has 4 nitrogen and oxygen atoms in total. The van der Waals surface area contributed by atoms with Gasteiger partial charge in [0.2, 0.25) is 0 Å². The van der Waals surface area contributed by atoms with Crippen molar-refractivity contribution in [2.24, 2.45) is 5.10 Å². The summed E-state index contributed by atoms with van der Waals surface area (Å²) in [5.41, 5.74) is 4.73. The smallest absolute Gasteiger partial charge is 0.189 e. The summed E-state index contributed by atoms with van der Waals surface area (Å²) in [6.07, 6.45) is 10.9. The van der Waals surface area contributed by atoms with Crippen molar-refractivity contribution in [3.63, 3.8) is 0 Å². The average Bonchev–Trinajstić information content (AvgIpc) is 2.52. The van der Waals surface area contributed by atoms with Gasteiger partial charge in [-0.05, 0) is 44.1 Å². The first-order valence-corrected chi connectivity index (χ1v) is 8.58. The molecule has 0 spiro atoms. The molecule has 0 radical (unpaired) electrons. The molecule has 1 aliphatic rings. The fourth-order valence-electron chi connectivity index (χ4n) is 2.83. The molecule has 1 aromatic heterocycles. The largest absolute Gasteiger partial charge is 0.348 e. The van der Waals surface area contributed by atoms with E-state index in [9.17, 15) is 0 Å². The number of nitrogens with one attached hydrogen (secondary N) is 1. The molecule has 5 heteroatoms. The van der Waals surface area contributed by atoms with Crippen molar-refractivity contribution in [3.05, 3.63) is 30.1 Å². The first-order valence-electron chi connectivity index (χ1n) is 8.17. The minimum absolute atomic E-state index is 0.533. The van der Waals surface area contributed by atoms with Crippen molar-refractivity contribution < 1.29 is 0 Å². The van der Waals surface area contributed by atoms with Crippen LogP contribution in [0.3, 0.4) is 0 Å². The van der Waals surface area contributed by atoms with E-state index in [4.69, 9.17) is 12.2 Å². The highest BCUT2D eigenvalue weighted by molar-refractivity contribution is 7.80.